The first-order chi connectivity index (χ1) is 9.76. The number of methoxy groups -OCH3 is 1. The van der Waals surface area contributed by atoms with E-state index in [9.17, 15) is 4.79 Å². The SMILES string of the molecule is CCCN(Cc1ccccc1OC)C(=O)C1C=CCN1. The molecule has 0 saturated heterocycles. The number of para-hydroxylation sites is 1. The molecule has 1 N–H and O–H groups in total. The monoisotopic (exact) mass is 274 g/mol. The lowest BCUT2D eigenvalue weighted by Gasteiger charge is -2.25. The van der Waals surface area contributed by atoms with Crippen LogP contribution in [-0.4, -0.2) is 37.0 Å². The summed E-state index contributed by atoms with van der Waals surface area (Å²) in [4.78, 5) is 14.4. The third-order valence-electron chi connectivity index (χ3n) is 3.41. The Morgan fingerprint density at radius 1 is 1.45 bits per heavy atom. The van der Waals surface area contributed by atoms with Crippen LogP contribution in [0.3, 0.4) is 0 Å². The minimum atomic E-state index is -0.184. The van der Waals surface area contributed by atoms with Gasteiger partial charge in [0.05, 0.1) is 7.11 Å². The number of hydrogen-bond acceptors (Lipinski definition) is 3. The molecule has 0 aliphatic carbocycles. The average molecular weight is 274 g/mol. The van der Waals surface area contributed by atoms with Gasteiger partial charge >= 0.3 is 0 Å². The number of nitrogens with zero attached hydrogens (tertiary/aromatic N) is 1. The van der Waals surface area contributed by atoms with E-state index in [4.69, 9.17) is 4.74 Å². The topological polar surface area (TPSA) is 41.6 Å². The Balaban J connectivity index is 2.12. The van der Waals surface area contributed by atoms with Gasteiger partial charge in [-0.05, 0) is 12.5 Å². The zero-order valence-electron chi connectivity index (χ0n) is 12.1. The molecule has 4 nitrogen and oxygen atoms in total. The summed E-state index contributed by atoms with van der Waals surface area (Å²) in [6.45, 7) is 4.19. The number of benzene rings is 1. The van der Waals surface area contributed by atoms with Crippen LogP contribution in [0.4, 0.5) is 0 Å². The molecule has 0 saturated carbocycles. The van der Waals surface area contributed by atoms with Crippen LogP contribution in [0, 0.1) is 0 Å². The molecule has 0 radical (unpaired) electrons. The van der Waals surface area contributed by atoms with Gasteiger partial charge in [0.25, 0.3) is 0 Å². The molecule has 0 spiro atoms. The van der Waals surface area contributed by atoms with Gasteiger partial charge in [0.2, 0.25) is 5.91 Å². The van der Waals surface area contributed by atoms with Crippen molar-refractivity contribution in [1.82, 2.24) is 10.2 Å². The highest BCUT2D eigenvalue weighted by atomic mass is 16.5. The van der Waals surface area contributed by atoms with E-state index in [1.54, 1.807) is 7.11 Å². The third kappa shape index (κ3) is 3.39. The van der Waals surface area contributed by atoms with E-state index < -0.39 is 0 Å². The number of carbonyl (C=O) groups excluding carboxylic acids is 1. The summed E-state index contributed by atoms with van der Waals surface area (Å²) in [5.41, 5.74) is 1.04. The van der Waals surface area contributed by atoms with Crippen LogP contribution in [0.2, 0.25) is 0 Å². The van der Waals surface area contributed by atoms with Gasteiger partial charge in [0, 0.05) is 25.2 Å². The van der Waals surface area contributed by atoms with Gasteiger partial charge in [-0.3, -0.25) is 10.1 Å². The van der Waals surface area contributed by atoms with Crippen LogP contribution in [0.1, 0.15) is 18.9 Å². The fourth-order valence-electron chi connectivity index (χ4n) is 2.41. The highest BCUT2D eigenvalue weighted by molar-refractivity contribution is 5.84. The highest BCUT2D eigenvalue weighted by Gasteiger charge is 2.23. The van der Waals surface area contributed by atoms with Gasteiger partial charge in [0.1, 0.15) is 11.8 Å². The smallest absolute Gasteiger partial charge is 0.243 e. The Morgan fingerprint density at radius 2 is 2.25 bits per heavy atom. The molecule has 1 atom stereocenters. The third-order valence-corrected chi connectivity index (χ3v) is 3.41. The molecule has 0 bridgehead atoms. The van der Waals surface area contributed by atoms with Crippen molar-refractivity contribution in [3.63, 3.8) is 0 Å². The van der Waals surface area contributed by atoms with Crippen LogP contribution in [-0.2, 0) is 11.3 Å². The van der Waals surface area contributed by atoms with E-state index in [0.29, 0.717) is 6.54 Å². The Morgan fingerprint density at radius 3 is 2.90 bits per heavy atom. The van der Waals surface area contributed by atoms with Gasteiger partial charge in [-0.25, -0.2) is 0 Å². The molecule has 1 heterocycles. The first kappa shape index (κ1) is 14.6. The van der Waals surface area contributed by atoms with Gasteiger partial charge in [-0.1, -0.05) is 37.3 Å². The van der Waals surface area contributed by atoms with Gasteiger partial charge < -0.3 is 9.64 Å². The quantitative estimate of drug-likeness (QED) is 0.806. The predicted octanol–water partition coefficient (Wildman–Crippen LogP) is 1.96. The number of nitrogens with one attached hydrogen (secondary N) is 1. The van der Waals surface area contributed by atoms with E-state index in [2.05, 4.69) is 12.2 Å². The van der Waals surface area contributed by atoms with Crippen LogP contribution in [0.5, 0.6) is 5.75 Å². The molecule has 1 aromatic carbocycles. The highest BCUT2D eigenvalue weighted by Crippen LogP contribution is 2.20. The first-order valence-electron chi connectivity index (χ1n) is 7.07. The Kier molecular flexibility index (Phi) is 5.18. The van der Waals surface area contributed by atoms with E-state index in [0.717, 1.165) is 30.8 Å². The zero-order chi connectivity index (χ0) is 14.4. The van der Waals surface area contributed by atoms with Crippen LogP contribution < -0.4 is 10.1 Å². The number of hydrogen-bond donors (Lipinski definition) is 1. The van der Waals surface area contributed by atoms with Gasteiger partial charge in [0.15, 0.2) is 0 Å². The average Bonchev–Trinajstić information content (AvgIpc) is 3.01. The Hall–Kier alpha value is -1.81. The summed E-state index contributed by atoms with van der Waals surface area (Å²) in [5.74, 6) is 0.961. The second-order valence-corrected chi connectivity index (χ2v) is 4.89. The molecule has 1 aliphatic rings. The van der Waals surface area contributed by atoms with E-state index in [-0.39, 0.29) is 11.9 Å². The molecule has 1 aromatic rings. The molecule has 0 aromatic heterocycles. The summed E-state index contributed by atoms with van der Waals surface area (Å²) in [7, 11) is 1.66. The largest absolute Gasteiger partial charge is 0.496 e. The van der Waals surface area contributed by atoms with Crippen molar-refractivity contribution >= 4 is 5.91 Å². The zero-order valence-corrected chi connectivity index (χ0v) is 12.1. The van der Waals surface area contributed by atoms with Crippen molar-refractivity contribution in [1.29, 1.82) is 0 Å². The second kappa shape index (κ2) is 7.10. The Labute approximate surface area is 120 Å². The maximum atomic E-state index is 12.5. The van der Waals surface area contributed by atoms with Crippen molar-refractivity contribution < 1.29 is 9.53 Å². The number of ether oxygens (including phenoxy) is 1. The summed E-state index contributed by atoms with van der Waals surface area (Å²) in [5, 5.41) is 3.18. The molecule has 2 rings (SSSR count). The lowest BCUT2D eigenvalue weighted by molar-refractivity contribution is -0.132. The number of carbonyl (C=O) groups is 1. The molecule has 1 amide bonds. The van der Waals surface area contributed by atoms with Crippen LogP contribution in [0.25, 0.3) is 0 Å². The maximum Gasteiger partial charge on any atom is 0.243 e. The van der Waals surface area contributed by atoms with Crippen molar-refractivity contribution in [3.05, 3.63) is 42.0 Å². The molecule has 4 heteroatoms. The summed E-state index contributed by atoms with van der Waals surface area (Å²) < 4.78 is 5.36. The normalized spacial score (nSPS) is 17.2. The van der Waals surface area contributed by atoms with E-state index in [1.165, 1.54) is 0 Å². The molecule has 1 aliphatic heterocycles. The molecular formula is C16H22N2O2. The number of amides is 1. The standard InChI is InChI=1S/C16H22N2O2/c1-3-11-18(16(19)14-8-6-10-17-14)12-13-7-4-5-9-15(13)20-2/h4-9,14,17H,3,10-12H2,1-2H3. The van der Waals surface area contributed by atoms with Crippen LogP contribution in [0.15, 0.2) is 36.4 Å². The minimum absolute atomic E-state index is 0.131. The van der Waals surface area contributed by atoms with Crippen molar-refractivity contribution in [2.45, 2.75) is 25.9 Å². The van der Waals surface area contributed by atoms with E-state index in [1.807, 2.05) is 41.3 Å². The lowest BCUT2D eigenvalue weighted by Crippen LogP contribution is -2.43. The second-order valence-electron chi connectivity index (χ2n) is 4.89. The van der Waals surface area contributed by atoms with Crippen molar-refractivity contribution in [3.8, 4) is 5.75 Å². The molecular weight excluding hydrogens is 252 g/mol. The lowest BCUT2D eigenvalue weighted by atomic mass is 10.1. The molecule has 20 heavy (non-hydrogen) atoms. The number of rotatable bonds is 6. The van der Waals surface area contributed by atoms with Gasteiger partial charge in [-0.2, -0.15) is 0 Å². The fourth-order valence-corrected chi connectivity index (χ4v) is 2.41. The van der Waals surface area contributed by atoms with Crippen LogP contribution >= 0.6 is 0 Å². The van der Waals surface area contributed by atoms with Crippen molar-refractivity contribution in [2.24, 2.45) is 0 Å². The molecule has 0 fully saturated rings. The molecule has 108 valence electrons. The fraction of sp³-hybridized carbons (Fsp3) is 0.438. The summed E-state index contributed by atoms with van der Waals surface area (Å²) in [6.07, 6.45) is 4.88. The molecule has 1 unspecified atom stereocenters. The maximum absolute atomic E-state index is 12.5. The minimum Gasteiger partial charge on any atom is -0.496 e. The van der Waals surface area contributed by atoms with Gasteiger partial charge in [-0.15, -0.1) is 0 Å². The van der Waals surface area contributed by atoms with Crippen molar-refractivity contribution in [2.75, 3.05) is 20.2 Å². The summed E-state index contributed by atoms with van der Waals surface area (Å²) in [6, 6.07) is 7.66. The Bertz CT molecular complexity index is 485. The summed E-state index contributed by atoms with van der Waals surface area (Å²) >= 11 is 0. The van der Waals surface area contributed by atoms with E-state index >= 15 is 0 Å². The first-order valence-corrected chi connectivity index (χ1v) is 7.07. The predicted molar refractivity (Wildman–Crippen MR) is 79.6 cm³/mol.